The Kier molecular flexibility index (Phi) is 5.33. The normalized spacial score (nSPS) is 13.7. The summed E-state index contributed by atoms with van der Waals surface area (Å²) in [6.45, 7) is 0. The number of imidazole rings is 1. The first-order chi connectivity index (χ1) is 13.7. The van der Waals surface area contributed by atoms with Crippen LogP contribution in [0, 0.1) is 0 Å². The van der Waals surface area contributed by atoms with Crippen molar-refractivity contribution >= 4 is 11.7 Å². The number of hydrogen-bond acceptors (Lipinski definition) is 5. The summed E-state index contributed by atoms with van der Waals surface area (Å²) in [5, 5.41) is 19.1. The number of benzene rings is 1. The summed E-state index contributed by atoms with van der Waals surface area (Å²) in [4.78, 5) is 15.8. The van der Waals surface area contributed by atoms with Gasteiger partial charge in [-0.3, -0.25) is 9.89 Å². The van der Waals surface area contributed by atoms with Gasteiger partial charge in [-0.15, -0.1) is 0 Å². The Hall–Kier alpha value is -3.34. The maximum absolute atomic E-state index is 13.5. The van der Waals surface area contributed by atoms with Crippen LogP contribution in [-0.4, -0.2) is 44.0 Å². The van der Waals surface area contributed by atoms with E-state index in [0.717, 1.165) is 10.8 Å². The first-order valence-electron chi connectivity index (χ1n) is 8.41. The molecule has 0 aliphatic heterocycles. The molecule has 2 aromatic heterocycles. The number of nitrogens with zero attached hydrogens (tertiary/aromatic N) is 3. The lowest BCUT2D eigenvalue weighted by molar-refractivity contribution is -0.270. The quantitative estimate of drug-likeness (QED) is 0.581. The number of aliphatic hydroxyl groups is 1. The summed E-state index contributed by atoms with van der Waals surface area (Å²) < 4.78 is 46.9. The van der Waals surface area contributed by atoms with Gasteiger partial charge in [0.25, 0.3) is 0 Å². The summed E-state index contributed by atoms with van der Waals surface area (Å²) in [5.74, 6) is -1.21. The maximum atomic E-state index is 13.5. The van der Waals surface area contributed by atoms with E-state index >= 15 is 0 Å². The average molecular weight is 409 g/mol. The molecule has 3 N–H and O–H groups in total. The highest BCUT2D eigenvalue weighted by Gasteiger charge is 2.58. The number of halogens is 3. The molecule has 1 amide bonds. The lowest BCUT2D eigenvalue weighted by Gasteiger charge is -2.29. The number of aromatic nitrogens is 4. The van der Waals surface area contributed by atoms with E-state index in [2.05, 4.69) is 20.5 Å². The molecular formula is C18H18F3N5O3. The third-order valence-electron chi connectivity index (χ3n) is 4.32. The fraction of sp³-hybridized carbons (Fsp3) is 0.278. The zero-order valence-electron chi connectivity index (χ0n) is 15.5. The first kappa shape index (κ1) is 20.4. The summed E-state index contributed by atoms with van der Waals surface area (Å²) >= 11 is 0. The topological polar surface area (TPSA) is 105 Å². The number of methoxy groups -OCH3 is 1. The highest BCUT2D eigenvalue weighted by molar-refractivity contribution is 5.91. The second-order valence-corrected chi connectivity index (χ2v) is 6.31. The van der Waals surface area contributed by atoms with Gasteiger partial charge in [-0.05, 0) is 12.1 Å². The molecule has 0 spiro atoms. The summed E-state index contributed by atoms with van der Waals surface area (Å²) in [7, 11) is 2.79. The van der Waals surface area contributed by atoms with Gasteiger partial charge in [0.05, 0.1) is 19.2 Å². The Morgan fingerprint density at radius 3 is 2.69 bits per heavy atom. The lowest BCUT2D eigenvalue weighted by Crippen LogP contribution is -2.46. The van der Waals surface area contributed by atoms with Gasteiger partial charge in [-0.25, -0.2) is 4.98 Å². The highest BCUT2D eigenvalue weighted by atomic mass is 19.4. The number of para-hydroxylation sites is 1. The van der Waals surface area contributed by atoms with Crippen molar-refractivity contribution in [1.82, 2.24) is 19.7 Å². The van der Waals surface area contributed by atoms with Crippen molar-refractivity contribution in [3.05, 3.63) is 48.5 Å². The van der Waals surface area contributed by atoms with E-state index in [4.69, 9.17) is 4.74 Å². The third-order valence-corrected chi connectivity index (χ3v) is 4.32. The molecule has 0 saturated heterocycles. The van der Waals surface area contributed by atoms with Crippen LogP contribution in [0.5, 0.6) is 5.75 Å². The number of aryl methyl sites for hydroxylation is 1. The Balaban J connectivity index is 1.80. The van der Waals surface area contributed by atoms with E-state index in [0.29, 0.717) is 17.0 Å². The maximum Gasteiger partial charge on any atom is 0.425 e. The van der Waals surface area contributed by atoms with E-state index in [1.807, 2.05) is 0 Å². The molecule has 0 radical (unpaired) electrons. The Bertz CT molecular complexity index is 1010. The Labute approximate surface area is 163 Å². The van der Waals surface area contributed by atoms with Gasteiger partial charge in [0, 0.05) is 31.1 Å². The molecule has 1 aromatic carbocycles. The molecule has 29 heavy (non-hydrogen) atoms. The molecule has 0 saturated carbocycles. The molecule has 1 atom stereocenters. The number of H-pyrrole nitrogens is 1. The van der Waals surface area contributed by atoms with Crippen LogP contribution in [0.1, 0.15) is 12.2 Å². The second-order valence-electron chi connectivity index (χ2n) is 6.31. The predicted octanol–water partition coefficient (Wildman–Crippen LogP) is 2.60. The highest BCUT2D eigenvalue weighted by Crippen LogP contribution is 2.41. The number of alkyl halides is 3. The largest absolute Gasteiger partial charge is 0.496 e. The Morgan fingerprint density at radius 2 is 2.07 bits per heavy atom. The number of ether oxygens (including phenoxy) is 1. The monoisotopic (exact) mass is 409 g/mol. The number of carbonyl (C=O) groups excluding carboxylic acids is 1. The second kappa shape index (κ2) is 7.59. The van der Waals surface area contributed by atoms with Gasteiger partial charge < -0.3 is 19.7 Å². The average Bonchev–Trinajstić information content (AvgIpc) is 3.29. The van der Waals surface area contributed by atoms with E-state index in [1.165, 1.54) is 26.4 Å². The van der Waals surface area contributed by atoms with Crippen molar-refractivity contribution in [1.29, 1.82) is 0 Å². The fourth-order valence-electron chi connectivity index (χ4n) is 2.88. The van der Waals surface area contributed by atoms with E-state index in [-0.39, 0.29) is 5.82 Å². The van der Waals surface area contributed by atoms with Crippen molar-refractivity contribution < 1.29 is 27.8 Å². The number of carbonyl (C=O) groups is 1. The van der Waals surface area contributed by atoms with Gasteiger partial charge in [-0.2, -0.15) is 18.3 Å². The van der Waals surface area contributed by atoms with Crippen molar-refractivity contribution in [3.63, 3.8) is 0 Å². The lowest BCUT2D eigenvalue weighted by atomic mass is 9.97. The molecule has 1 unspecified atom stereocenters. The van der Waals surface area contributed by atoms with E-state index in [9.17, 15) is 23.1 Å². The van der Waals surface area contributed by atoms with Gasteiger partial charge in [0.1, 0.15) is 5.75 Å². The van der Waals surface area contributed by atoms with Gasteiger partial charge in [-0.1, -0.05) is 12.1 Å². The van der Waals surface area contributed by atoms with E-state index in [1.54, 1.807) is 24.3 Å². The minimum absolute atomic E-state index is 0.000251. The van der Waals surface area contributed by atoms with Gasteiger partial charge >= 0.3 is 6.18 Å². The molecule has 0 bridgehead atoms. The predicted molar refractivity (Wildman–Crippen MR) is 97.0 cm³/mol. The number of hydrogen-bond donors (Lipinski definition) is 3. The number of nitrogens with one attached hydrogen (secondary N) is 2. The minimum atomic E-state index is -5.11. The van der Waals surface area contributed by atoms with Crippen LogP contribution in [0.2, 0.25) is 0 Å². The molecule has 0 aliphatic rings. The number of rotatable bonds is 6. The molecular weight excluding hydrogens is 391 g/mol. The SMILES string of the molecule is COc1ccccc1-c1cc(NC(=O)CC(O)(c2nccn2C)C(F)(F)F)n[nH]1. The minimum Gasteiger partial charge on any atom is -0.496 e. The standard InChI is InChI=1S/C18H18F3N5O3/c1-26-8-7-22-16(26)17(28,18(19,20)21)10-15(27)23-14-9-12(24-25-14)11-5-3-4-6-13(11)29-2/h3-9,28H,10H2,1-2H3,(H2,23,24,25,27). The molecule has 3 aromatic rings. The van der Waals surface area contributed by atoms with Crippen LogP contribution in [-0.2, 0) is 17.4 Å². The number of amides is 1. The van der Waals surface area contributed by atoms with Crippen LogP contribution in [0.15, 0.2) is 42.7 Å². The summed E-state index contributed by atoms with van der Waals surface area (Å²) in [5.41, 5.74) is -2.30. The zero-order valence-corrected chi connectivity index (χ0v) is 15.5. The Morgan fingerprint density at radius 1 is 1.34 bits per heavy atom. The van der Waals surface area contributed by atoms with Crippen LogP contribution >= 0.6 is 0 Å². The molecule has 3 rings (SSSR count). The van der Waals surface area contributed by atoms with Gasteiger partial charge in [0.2, 0.25) is 11.5 Å². The van der Waals surface area contributed by atoms with Crippen molar-refractivity contribution in [2.24, 2.45) is 7.05 Å². The third kappa shape index (κ3) is 3.94. The van der Waals surface area contributed by atoms with Crippen LogP contribution < -0.4 is 10.1 Å². The molecule has 2 heterocycles. The summed E-state index contributed by atoms with van der Waals surface area (Å²) in [6.07, 6.45) is -4.04. The van der Waals surface area contributed by atoms with Gasteiger partial charge in [0.15, 0.2) is 11.6 Å². The number of aromatic amines is 1. The van der Waals surface area contributed by atoms with Crippen LogP contribution in [0.25, 0.3) is 11.3 Å². The van der Waals surface area contributed by atoms with Crippen LogP contribution in [0.3, 0.4) is 0 Å². The van der Waals surface area contributed by atoms with Crippen molar-refractivity contribution in [2.75, 3.05) is 12.4 Å². The molecule has 154 valence electrons. The molecule has 11 heteroatoms. The summed E-state index contributed by atoms with van der Waals surface area (Å²) in [6, 6.07) is 8.47. The molecule has 0 fully saturated rings. The zero-order chi connectivity index (χ0) is 21.2. The molecule has 8 nitrogen and oxygen atoms in total. The smallest absolute Gasteiger partial charge is 0.425 e. The van der Waals surface area contributed by atoms with E-state index < -0.39 is 29.9 Å². The molecule has 0 aliphatic carbocycles. The fourth-order valence-corrected chi connectivity index (χ4v) is 2.88. The van der Waals surface area contributed by atoms with Crippen molar-refractivity contribution in [3.8, 4) is 17.0 Å². The van der Waals surface area contributed by atoms with Crippen LogP contribution in [0.4, 0.5) is 19.0 Å². The van der Waals surface area contributed by atoms with Crippen molar-refractivity contribution in [2.45, 2.75) is 18.2 Å². The number of anilines is 1. The first-order valence-corrected chi connectivity index (χ1v) is 8.41.